The van der Waals surface area contributed by atoms with Crippen molar-refractivity contribution in [3.63, 3.8) is 0 Å². The van der Waals surface area contributed by atoms with Crippen LogP contribution in [0.3, 0.4) is 0 Å². The molecular formula is C77H136O6. The summed E-state index contributed by atoms with van der Waals surface area (Å²) in [7, 11) is 0. The number of unbranched alkanes of at least 4 members (excludes halogenated alkanes) is 41. The Hall–Kier alpha value is -3.41. The molecule has 0 radical (unpaired) electrons. The lowest BCUT2D eigenvalue weighted by Gasteiger charge is -2.18. The van der Waals surface area contributed by atoms with Crippen molar-refractivity contribution in [2.75, 3.05) is 13.2 Å². The summed E-state index contributed by atoms with van der Waals surface area (Å²) in [6.07, 6.45) is 94.8. The summed E-state index contributed by atoms with van der Waals surface area (Å²) in [5.74, 6) is -0.885. The monoisotopic (exact) mass is 1160 g/mol. The first kappa shape index (κ1) is 79.6. The molecule has 0 spiro atoms. The second-order valence-corrected chi connectivity index (χ2v) is 24.1. The molecule has 0 aliphatic carbocycles. The van der Waals surface area contributed by atoms with Crippen LogP contribution in [-0.2, 0) is 28.6 Å². The van der Waals surface area contributed by atoms with Crippen LogP contribution in [0.1, 0.15) is 367 Å². The number of carbonyl (C=O) groups excluding carboxylic acids is 3. The second-order valence-electron chi connectivity index (χ2n) is 24.1. The Bertz CT molecular complexity index is 1570. The van der Waals surface area contributed by atoms with E-state index in [1.807, 2.05) is 0 Å². The molecule has 6 nitrogen and oxygen atoms in total. The van der Waals surface area contributed by atoms with E-state index in [4.69, 9.17) is 14.2 Å². The van der Waals surface area contributed by atoms with Crippen molar-refractivity contribution in [3.8, 4) is 0 Å². The Balaban J connectivity index is 4.20. The van der Waals surface area contributed by atoms with Crippen LogP contribution in [0.15, 0.2) is 85.1 Å². The van der Waals surface area contributed by atoms with Crippen molar-refractivity contribution in [3.05, 3.63) is 85.1 Å². The van der Waals surface area contributed by atoms with Crippen LogP contribution in [0.2, 0.25) is 0 Å². The lowest BCUT2D eigenvalue weighted by atomic mass is 10.0. The zero-order chi connectivity index (χ0) is 59.9. The van der Waals surface area contributed by atoms with Gasteiger partial charge in [-0.3, -0.25) is 14.4 Å². The summed E-state index contributed by atoms with van der Waals surface area (Å²) in [6, 6.07) is 0. The van der Waals surface area contributed by atoms with Gasteiger partial charge in [-0.05, 0) is 96.3 Å². The van der Waals surface area contributed by atoms with E-state index in [-0.39, 0.29) is 31.1 Å². The number of rotatable bonds is 66. The SMILES string of the molecule is CC/C=C\C/C=C\C/C=C\C/C=C\CCCCCCC(=O)OC(COC(=O)CCCCCCCCCCCCCCCCC)COC(=O)CCCCCCCCCCCCCCCCCCCC/C=C\C/C=C\C/C=C\CCCCCCC. The van der Waals surface area contributed by atoms with E-state index >= 15 is 0 Å². The Kier molecular flexibility index (Phi) is 68.2. The van der Waals surface area contributed by atoms with Crippen LogP contribution in [0.4, 0.5) is 0 Å². The lowest BCUT2D eigenvalue weighted by Crippen LogP contribution is -2.30. The van der Waals surface area contributed by atoms with Gasteiger partial charge in [0, 0.05) is 19.3 Å². The number of ether oxygens (including phenoxy) is 3. The van der Waals surface area contributed by atoms with Crippen molar-refractivity contribution in [1.82, 2.24) is 0 Å². The van der Waals surface area contributed by atoms with E-state index in [1.54, 1.807) is 0 Å². The van der Waals surface area contributed by atoms with E-state index in [0.717, 1.165) is 109 Å². The summed E-state index contributed by atoms with van der Waals surface area (Å²) in [6.45, 7) is 6.55. The maximum absolute atomic E-state index is 12.9. The summed E-state index contributed by atoms with van der Waals surface area (Å²) >= 11 is 0. The van der Waals surface area contributed by atoms with Crippen molar-refractivity contribution in [2.24, 2.45) is 0 Å². The van der Waals surface area contributed by atoms with Crippen LogP contribution in [0.5, 0.6) is 0 Å². The molecule has 480 valence electrons. The number of hydrogen-bond donors (Lipinski definition) is 0. The molecule has 0 aliphatic rings. The fraction of sp³-hybridized carbons (Fsp3) is 0.779. The van der Waals surface area contributed by atoms with Gasteiger partial charge in [-0.2, -0.15) is 0 Å². The summed E-state index contributed by atoms with van der Waals surface area (Å²) in [5.41, 5.74) is 0. The molecule has 1 atom stereocenters. The van der Waals surface area contributed by atoms with E-state index in [9.17, 15) is 14.4 Å². The topological polar surface area (TPSA) is 78.9 Å². The fourth-order valence-electron chi connectivity index (χ4n) is 10.5. The molecule has 0 aromatic heterocycles. The van der Waals surface area contributed by atoms with Crippen molar-refractivity contribution in [2.45, 2.75) is 374 Å². The van der Waals surface area contributed by atoms with Crippen LogP contribution in [0, 0.1) is 0 Å². The van der Waals surface area contributed by atoms with Gasteiger partial charge in [0.15, 0.2) is 6.10 Å². The van der Waals surface area contributed by atoms with Crippen LogP contribution >= 0.6 is 0 Å². The minimum atomic E-state index is -0.788. The van der Waals surface area contributed by atoms with Crippen LogP contribution < -0.4 is 0 Å². The van der Waals surface area contributed by atoms with Gasteiger partial charge in [0.05, 0.1) is 0 Å². The van der Waals surface area contributed by atoms with E-state index in [1.165, 1.54) is 218 Å². The summed E-state index contributed by atoms with van der Waals surface area (Å²) in [4.78, 5) is 38.4. The molecule has 0 aliphatic heterocycles. The van der Waals surface area contributed by atoms with Gasteiger partial charge in [0.2, 0.25) is 0 Å². The molecule has 0 aromatic carbocycles. The summed E-state index contributed by atoms with van der Waals surface area (Å²) < 4.78 is 17.0. The van der Waals surface area contributed by atoms with E-state index in [2.05, 4.69) is 106 Å². The Morgan fingerprint density at radius 3 is 0.735 bits per heavy atom. The smallest absolute Gasteiger partial charge is 0.306 e. The molecule has 6 heteroatoms. The molecule has 0 fully saturated rings. The zero-order valence-electron chi connectivity index (χ0n) is 55.2. The van der Waals surface area contributed by atoms with E-state index < -0.39 is 6.10 Å². The first-order chi connectivity index (χ1) is 41.0. The third-order valence-corrected chi connectivity index (χ3v) is 15.9. The quantitative estimate of drug-likeness (QED) is 0.0261. The average Bonchev–Trinajstić information content (AvgIpc) is 3.49. The largest absolute Gasteiger partial charge is 0.462 e. The molecule has 83 heavy (non-hydrogen) atoms. The second kappa shape index (κ2) is 71.1. The maximum Gasteiger partial charge on any atom is 0.306 e. The number of esters is 3. The molecular weight excluding hydrogens is 1020 g/mol. The molecule has 0 heterocycles. The number of allylic oxidation sites excluding steroid dienone is 14. The zero-order valence-corrected chi connectivity index (χ0v) is 55.2. The first-order valence-corrected chi connectivity index (χ1v) is 36.1. The molecule has 1 unspecified atom stereocenters. The predicted octanol–water partition coefficient (Wildman–Crippen LogP) is 25.0. The van der Waals surface area contributed by atoms with Gasteiger partial charge in [-0.1, -0.05) is 337 Å². The average molecular weight is 1160 g/mol. The van der Waals surface area contributed by atoms with Gasteiger partial charge in [0.25, 0.3) is 0 Å². The normalized spacial score (nSPS) is 12.6. The molecule has 0 amide bonds. The fourth-order valence-corrected chi connectivity index (χ4v) is 10.5. The third kappa shape index (κ3) is 69.3. The minimum Gasteiger partial charge on any atom is -0.462 e. The third-order valence-electron chi connectivity index (χ3n) is 15.9. The Morgan fingerprint density at radius 2 is 0.470 bits per heavy atom. The highest BCUT2D eigenvalue weighted by atomic mass is 16.6. The van der Waals surface area contributed by atoms with Gasteiger partial charge in [-0.25, -0.2) is 0 Å². The molecule has 0 N–H and O–H groups in total. The number of hydrogen-bond acceptors (Lipinski definition) is 6. The molecule has 0 saturated carbocycles. The van der Waals surface area contributed by atoms with E-state index in [0.29, 0.717) is 19.3 Å². The highest BCUT2D eigenvalue weighted by molar-refractivity contribution is 5.71. The number of carbonyl (C=O) groups is 3. The van der Waals surface area contributed by atoms with Gasteiger partial charge in [0.1, 0.15) is 13.2 Å². The van der Waals surface area contributed by atoms with Gasteiger partial charge >= 0.3 is 17.9 Å². The van der Waals surface area contributed by atoms with Crippen molar-refractivity contribution in [1.29, 1.82) is 0 Å². The van der Waals surface area contributed by atoms with Crippen molar-refractivity contribution < 1.29 is 28.6 Å². The molecule has 0 aromatic rings. The van der Waals surface area contributed by atoms with Gasteiger partial charge < -0.3 is 14.2 Å². The molecule has 0 rings (SSSR count). The highest BCUT2D eigenvalue weighted by Crippen LogP contribution is 2.18. The minimum absolute atomic E-state index is 0.0818. The Morgan fingerprint density at radius 1 is 0.253 bits per heavy atom. The highest BCUT2D eigenvalue weighted by Gasteiger charge is 2.19. The van der Waals surface area contributed by atoms with Gasteiger partial charge in [-0.15, -0.1) is 0 Å². The standard InChI is InChI=1S/C77H136O6/c1-4-7-10-13-16-19-22-25-28-30-31-32-33-34-35-36-37-38-39-40-41-42-43-44-45-47-49-52-55-58-61-64-67-70-76(79)82-73-74(72-81-75(78)69-66-63-60-57-54-51-48-27-24-21-18-15-12-9-6-3)83-77(80)71-68-65-62-59-56-53-50-46-29-26-23-20-17-14-11-8-5-2/h8,11,17,20,22,25-26,29-31,33-34,50,53,74H,4-7,9-10,12-16,18-19,21,23-24,27-28,32,35-49,51-52,54-73H2,1-3H3/b11-8-,20-17-,25-22-,29-26-,31-30-,34-33-,53-50-. The lowest BCUT2D eigenvalue weighted by molar-refractivity contribution is -0.167. The predicted molar refractivity (Wildman–Crippen MR) is 362 cm³/mol. The maximum atomic E-state index is 12.9. The first-order valence-electron chi connectivity index (χ1n) is 36.1. The van der Waals surface area contributed by atoms with Crippen molar-refractivity contribution >= 4 is 17.9 Å². The summed E-state index contributed by atoms with van der Waals surface area (Å²) in [5, 5.41) is 0. The van der Waals surface area contributed by atoms with Crippen LogP contribution in [0.25, 0.3) is 0 Å². The molecule has 0 bridgehead atoms. The Labute approximate surface area is 515 Å². The molecule has 0 saturated heterocycles. The van der Waals surface area contributed by atoms with Crippen LogP contribution in [-0.4, -0.2) is 37.2 Å².